The van der Waals surface area contributed by atoms with E-state index in [0.29, 0.717) is 5.82 Å². The molecular formula is C12H21N3O. The van der Waals surface area contributed by atoms with Gasteiger partial charge in [0.15, 0.2) is 0 Å². The molecule has 1 aromatic rings. The van der Waals surface area contributed by atoms with Crippen molar-refractivity contribution in [3.8, 4) is 0 Å². The predicted molar refractivity (Wildman–Crippen MR) is 64.0 cm³/mol. The van der Waals surface area contributed by atoms with Gasteiger partial charge in [-0.3, -0.25) is 4.68 Å². The van der Waals surface area contributed by atoms with Crippen molar-refractivity contribution < 1.29 is 4.74 Å². The van der Waals surface area contributed by atoms with E-state index < -0.39 is 0 Å². The second kappa shape index (κ2) is 5.89. The van der Waals surface area contributed by atoms with Gasteiger partial charge >= 0.3 is 0 Å². The third kappa shape index (κ3) is 3.52. The van der Waals surface area contributed by atoms with Crippen LogP contribution in [-0.2, 0) is 11.3 Å². The van der Waals surface area contributed by atoms with Gasteiger partial charge in [0.05, 0.1) is 0 Å². The normalized spacial score (nSPS) is 16.2. The van der Waals surface area contributed by atoms with Gasteiger partial charge in [0, 0.05) is 26.0 Å². The first kappa shape index (κ1) is 11.5. The number of aromatic nitrogens is 2. The number of ether oxygens (including phenoxy) is 1. The number of nitrogen functional groups attached to an aromatic ring is 1. The first-order chi connectivity index (χ1) is 7.84. The third-order valence-electron chi connectivity index (χ3n) is 3.23. The van der Waals surface area contributed by atoms with Crippen LogP contribution in [0.1, 0.15) is 32.1 Å². The van der Waals surface area contributed by atoms with Gasteiger partial charge in [-0.05, 0) is 24.8 Å². The van der Waals surface area contributed by atoms with E-state index in [1.54, 1.807) is 0 Å². The van der Waals surface area contributed by atoms with Gasteiger partial charge in [-0.15, -0.1) is 0 Å². The molecule has 1 heterocycles. The Balaban J connectivity index is 1.45. The van der Waals surface area contributed by atoms with E-state index in [4.69, 9.17) is 10.5 Å². The van der Waals surface area contributed by atoms with Crippen LogP contribution in [0.3, 0.4) is 0 Å². The van der Waals surface area contributed by atoms with E-state index in [0.717, 1.165) is 32.1 Å². The Morgan fingerprint density at radius 2 is 2.31 bits per heavy atom. The summed E-state index contributed by atoms with van der Waals surface area (Å²) in [6.45, 7) is 2.64. The lowest BCUT2D eigenvalue weighted by atomic mass is 9.83. The molecule has 0 saturated heterocycles. The zero-order chi connectivity index (χ0) is 11.2. The molecule has 0 atom stereocenters. The van der Waals surface area contributed by atoms with Crippen LogP contribution >= 0.6 is 0 Å². The van der Waals surface area contributed by atoms with Gasteiger partial charge in [0.1, 0.15) is 5.82 Å². The summed E-state index contributed by atoms with van der Waals surface area (Å²) in [5.41, 5.74) is 5.52. The minimum atomic E-state index is 0.589. The number of rotatable bonds is 7. The Kier molecular flexibility index (Phi) is 4.22. The van der Waals surface area contributed by atoms with Gasteiger partial charge in [0.25, 0.3) is 0 Å². The summed E-state index contributed by atoms with van der Waals surface area (Å²) in [7, 11) is 0. The van der Waals surface area contributed by atoms with Crippen LogP contribution in [0.4, 0.5) is 5.82 Å². The van der Waals surface area contributed by atoms with Gasteiger partial charge < -0.3 is 10.5 Å². The van der Waals surface area contributed by atoms with E-state index in [1.807, 2.05) is 16.9 Å². The molecule has 2 N–H and O–H groups in total. The van der Waals surface area contributed by atoms with Crippen molar-refractivity contribution in [2.24, 2.45) is 5.92 Å². The van der Waals surface area contributed by atoms with Crippen LogP contribution in [0.2, 0.25) is 0 Å². The van der Waals surface area contributed by atoms with Crippen LogP contribution in [0.5, 0.6) is 0 Å². The lowest BCUT2D eigenvalue weighted by Gasteiger charge is -2.24. The number of nitrogens with zero attached hydrogens (tertiary/aromatic N) is 2. The number of anilines is 1. The molecule has 1 aliphatic carbocycles. The Hall–Kier alpha value is -1.03. The maximum Gasteiger partial charge on any atom is 0.145 e. The van der Waals surface area contributed by atoms with Crippen molar-refractivity contribution in [3.05, 3.63) is 12.3 Å². The summed E-state index contributed by atoms with van der Waals surface area (Å²) >= 11 is 0. The number of aryl methyl sites for hydroxylation is 1. The van der Waals surface area contributed by atoms with Crippen LogP contribution in [0.25, 0.3) is 0 Å². The van der Waals surface area contributed by atoms with Crippen molar-refractivity contribution in [1.82, 2.24) is 9.78 Å². The second-order valence-electron chi connectivity index (χ2n) is 4.56. The highest BCUT2D eigenvalue weighted by molar-refractivity contribution is 5.23. The molecule has 0 bridgehead atoms. The Morgan fingerprint density at radius 1 is 1.44 bits per heavy atom. The topological polar surface area (TPSA) is 53.1 Å². The van der Waals surface area contributed by atoms with E-state index in [2.05, 4.69) is 5.10 Å². The second-order valence-corrected chi connectivity index (χ2v) is 4.56. The minimum Gasteiger partial charge on any atom is -0.382 e. The molecule has 1 aromatic heterocycles. The Morgan fingerprint density at radius 3 is 2.94 bits per heavy atom. The molecule has 1 aliphatic rings. The Labute approximate surface area is 96.8 Å². The summed E-state index contributed by atoms with van der Waals surface area (Å²) in [6, 6.07) is 1.82. The van der Waals surface area contributed by atoms with Crippen molar-refractivity contribution >= 4 is 5.82 Å². The van der Waals surface area contributed by atoms with E-state index >= 15 is 0 Å². The molecule has 0 amide bonds. The van der Waals surface area contributed by atoms with Crippen molar-refractivity contribution in [3.63, 3.8) is 0 Å². The highest BCUT2D eigenvalue weighted by Crippen LogP contribution is 2.29. The minimum absolute atomic E-state index is 0.589. The lowest BCUT2D eigenvalue weighted by molar-refractivity contribution is 0.102. The molecule has 4 nitrogen and oxygen atoms in total. The molecule has 90 valence electrons. The van der Waals surface area contributed by atoms with Gasteiger partial charge in [-0.1, -0.05) is 19.3 Å². The van der Waals surface area contributed by atoms with E-state index in [-0.39, 0.29) is 0 Å². The van der Waals surface area contributed by atoms with Crippen LogP contribution in [0.15, 0.2) is 12.3 Å². The van der Waals surface area contributed by atoms with Crippen molar-refractivity contribution in [1.29, 1.82) is 0 Å². The fourth-order valence-corrected chi connectivity index (χ4v) is 1.96. The third-order valence-corrected chi connectivity index (χ3v) is 3.23. The van der Waals surface area contributed by atoms with E-state index in [1.165, 1.54) is 25.7 Å². The molecule has 2 rings (SSSR count). The Bertz CT molecular complexity index is 307. The summed E-state index contributed by atoms with van der Waals surface area (Å²) in [5, 5.41) is 4.12. The number of hydrogen-bond donors (Lipinski definition) is 1. The first-order valence-electron chi connectivity index (χ1n) is 6.21. The summed E-state index contributed by atoms with van der Waals surface area (Å²) in [5.74, 6) is 1.54. The molecule has 1 fully saturated rings. The number of nitrogens with two attached hydrogens (primary N) is 1. The molecule has 0 unspecified atom stereocenters. The quantitative estimate of drug-likeness (QED) is 0.720. The molecular weight excluding hydrogens is 202 g/mol. The summed E-state index contributed by atoms with van der Waals surface area (Å²) < 4.78 is 7.46. The SMILES string of the molecule is Nc1ccn(CCCOCCC2CCC2)n1. The maximum atomic E-state index is 5.60. The number of hydrogen-bond acceptors (Lipinski definition) is 3. The lowest BCUT2D eigenvalue weighted by Crippen LogP contribution is -2.14. The van der Waals surface area contributed by atoms with Gasteiger partial charge in [0.2, 0.25) is 0 Å². The average Bonchev–Trinajstić information content (AvgIpc) is 2.60. The zero-order valence-corrected chi connectivity index (χ0v) is 9.77. The average molecular weight is 223 g/mol. The standard InChI is InChI=1S/C12H21N3O/c13-12-5-8-15(14-12)7-2-9-16-10-6-11-3-1-4-11/h5,8,11H,1-4,6-7,9-10H2,(H2,13,14). The van der Waals surface area contributed by atoms with Crippen LogP contribution in [0, 0.1) is 5.92 Å². The maximum absolute atomic E-state index is 5.60. The highest BCUT2D eigenvalue weighted by atomic mass is 16.5. The monoisotopic (exact) mass is 223 g/mol. The highest BCUT2D eigenvalue weighted by Gasteiger charge is 2.16. The van der Waals surface area contributed by atoms with Crippen molar-refractivity contribution in [2.75, 3.05) is 18.9 Å². The fourth-order valence-electron chi connectivity index (χ4n) is 1.96. The summed E-state index contributed by atoms with van der Waals surface area (Å²) in [6.07, 6.45) is 8.40. The molecule has 0 aliphatic heterocycles. The molecule has 16 heavy (non-hydrogen) atoms. The molecule has 0 radical (unpaired) electrons. The smallest absolute Gasteiger partial charge is 0.145 e. The van der Waals surface area contributed by atoms with Gasteiger partial charge in [-0.2, -0.15) is 5.10 Å². The van der Waals surface area contributed by atoms with Crippen molar-refractivity contribution in [2.45, 2.75) is 38.6 Å². The first-order valence-corrected chi connectivity index (χ1v) is 6.21. The molecule has 1 saturated carbocycles. The molecule has 0 aromatic carbocycles. The zero-order valence-electron chi connectivity index (χ0n) is 9.77. The van der Waals surface area contributed by atoms with Crippen LogP contribution < -0.4 is 5.73 Å². The molecule has 4 heteroatoms. The van der Waals surface area contributed by atoms with Gasteiger partial charge in [-0.25, -0.2) is 0 Å². The fraction of sp³-hybridized carbons (Fsp3) is 0.750. The largest absolute Gasteiger partial charge is 0.382 e. The molecule has 0 spiro atoms. The predicted octanol–water partition coefficient (Wildman–Crippen LogP) is 2.06. The van der Waals surface area contributed by atoms with Crippen LogP contribution in [-0.4, -0.2) is 23.0 Å². The summed E-state index contributed by atoms with van der Waals surface area (Å²) in [4.78, 5) is 0. The van der Waals surface area contributed by atoms with E-state index in [9.17, 15) is 0 Å².